The van der Waals surface area contributed by atoms with Gasteiger partial charge in [-0.05, 0) is 25.8 Å². The molecule has 0 aromatic heterocycles. The van der Waals surface area contributed by atoms with E-state index < -0.39 is 0 Å². The predicted octanol–water partition coefficient (Wildman–Crippen LogP) is 2.32. The van der Waals surface area contributed by atoms with Crippen molar-refractivity contribution in [1.29, 1.82) is 0 Å². The molecule has 0 bridgehead atoms. The molecular formula is C12H17N. The molecule has 1 aliphatic rings. The third kappa shape index (κ3) is 1.92. The molecule has 1 aromatic rings. The van der Waals surface area contributed by atoms with Gasteiger partial charge in [0.1, 0.15) is 0 Å². The van der Waals surface area contributed by atoms with Crippen molar-refractivity contribution in [2.75, 3.05) is 6.54 Å². The van der Waals surface area contributed by atoms with Crippen LogP contribution in [0.5, 0.6) is 0 Å². The topological polar surface area (TPSA) is 3.01 Å². The van der Waals surface area contributed by atoms with Gasteiger partial charge in [0.05, 0.1) is 0 Å². The molecular weight excluding hydrogens is 158 g/mol. The summed E-state index contributed by atoms with van der Waals surface area (Å²) in [4.78, 5) is 2.53. The summed E-state index contributed by atoms with van der Waals surface area (Å²) in [5.74, 6) is 0. The molecule has 1 unspecified atom stereocenters. The van der Waals surface area contributed by atoms with E-state index in [0.717, 1.165) is 12.1 Å². The number of rotatable bonds is 3. The molecule has 3 atom stereocenters. The predicted molar refractivity (Wildman–Crippen MR) is 55.8 cm³/mol. The van der Waals surface area contributed by atoms with Gasteiger partial charge in [0.2, 0.25) is 0 Å². The van der Waals surface area contributed by atoms with E-state index in [1.165, 1.54) is 18.5 Å². The Bertz CT molecular complexity index is 260. The molecule has 1 nitrogen and oxygen atoms in total. The highest BCUT2D eigenvalue weighted by molar-refractivity contribution is 5.15. The lowest BCUT2D eigenvalue weighted by Gasteiger charge is -2.02. The molecule has 13 heavy (non-hydrogen) atoms. The van der Waals surface area contributed by atoms with Crippen molar-refractivity contribution >= 4 is 0 Å². The van der Waals surface area contributed by atoms with Crippen LogP contribution in [0.4, 0.5) is 0 Å². The van der Waals surface area contributed by atoms with Crippen LogP contribution in [-0.2, 0) is 6.42 Å². The van der Waals surface area contributed by atoms with Gasteiger partial charge in [0.25, 0.3) is 0 Å². The van der Waals surface area contributed by atoms with Crippen LogP contribution in [0.15, 0.2) is 30.3 Å². The zero-order valence-electron chi connectivity index (χ0n) is 8.40. The largest absolute Gasteiger partial charge is 0.295 e. The zero-order chi connectivity index (χ0) is 9.26. The minimum absolute atomic E-state index is 0.809. The Kier molecular flexibility index (Phi) is 2.36. The van der Waals surface area contributed by atoms with E-state index >= 15 is 0 Å². The van der Waals surface area contributed by atoms with Crippen LogP contribution in [-0.4, -0.2) is 23.5 Å². The van der Waals surface area contributed by atoms with E-state index in [1.54, 1.807) is 0 Å². The highest BCUT2D eigenvalue weighted by Crippen LogP contribution is 2.26. The van der Waals surface area contributed by atoms with E-state index in [4.69, 9.17) is 0 Å². The summed E-state index contributed by atoms with van der Waals surface area (Å²) >= 11 is 0. The summed E-state index contributed by atoms with van der Waals surface area (Å²) in [5.41, 5.74) is 1.45. The van der Waals surface area contributed by atoms with E-state index in [0.29, 0.717) is 0 Å². The van der Waals surface area contributed by atoms with Crippen LogP contribution < -0.4 is 0 Å². The molecule has 2 rings (SSSR count). The first kappa shape index (κ1) is 8.76. The summed E-state index contributed by atoms with van der Waals surface area (Å²) in [6.07, 6.45) is 1.19. The summed E-state index contributed by atoms with van der Waals surface area (Å²) in [6, 6.07) is 12.3. The van der Waals surface area contributed by atoms with Gasteiger partial charge in [-0.1, -0.05) is 30.3 Å². The normalized spacial score (nSPS) is 31.7. The molecule has 0 saturated carbocycles. The maximum absolute atomic E-state index is 2.53. The lowest BCUT2D eigenvalue weighted by molar-refractivity contribution is 0.496. The molecule has 0 N–H and O–H groups in total. The summed E-state index contributed by atoms with van der Waals surface area (Å²) < 4.78 is 0. The molecule has 0 radical (unpaired) electrons. The lowest BCUT2D eigenvalue weighted by atomic mass is 10.1. The lowest BCUT2D eigenvalue weighted by Crippen LogP contribution is -2.06. The van der Waals surface area contributed by atoms with Gasteiger partial charge in [-0.3, -0.25) is 4.90 Å². The minimum Gasteiger partial charge on any atom is -0.295 e. The van der Waals surface area contributed by atoms with Crippen LogP contribution in [0.3, 0.4) is 0 Å². The molecule has 1 aromatic carbocycles. The Labute approximate surface area is 80.4 Å². The second-order valence-corrected chi connectivity index (χ2v) is 3.95. The maximum atomic E-state index is 2.53. The van der Waals surface area contributed by atoms with Crippen molar-refractivity contribution in [3.63, 3.8) is 0 Å². The Morgan fingerprint density at radius 2 is 1.69 bits per heavy atom. The molecule has 0 amide bonds. The number of nitrogens with zero attached hydrogens (tertiary/aromatic N) is 1. The molecule has 1 heteroatoms. The number of hydrogen-bond donors (Lipinski definition) is 0. The van der Waals surface area contributed by atoms with E-state index in [1.807, 2.05) is 0 Å². The van der Waals surface area contributed by atoms with Crippen LogP contribution in [0.1, 0.15) is 19.4 Å². The van der Waals surface area contributed by atoms with Crippen molar-refractivity contribution in [3.05, 3.63) is 35.9 Å². The van der Waals surface area contributed by atoms with Gasteiger partial charge in [0, 0.05) is 18.6 Å². The van der Waals surface area contributed by atoms with Gasteiger partial charge in [-0.2, -0.15) is 0 Å². The van der Waals surface area contributed by atoms with Crippen molar-refractivity contribution in [2.24, 2.45) is 0 Å². The molecule has 0 spiro atoms. The average molecular weight is 175 g/mol. The Balaban J connectivity index is 1.81. The van der Waals surface area contributed by atoms with Crippen molar-refractivity contribution in [1.82, 2.24) is 4.90 Å². The molecule has 1 saturated heterocycles. The highest BCUT2D eigenvalue weighted by atomic mass is 15.3. The quantitative estimate of drug-likeness (QED) is 0.637. The first-order valence-corrected chi connectivity index (χ1v) is 5.08. The fourth-order valence-corrected chi connectivity index (χ4v) is 1.89. The average Bonchev–Trinajstić information content (AvgIpc) is 2.73. The molecule has 1 heterocycles. The van der Waals surface area contributed by atoms with Gasteiger partial charge in [0.15, 0.2) is 0 Å². The van der Waals surface area contributed by atoms with E-state index in [-0.39, 0.29) is 0 Å². The van der Waals surface area contributed by atoms with Crippen LogP contribution in [0, 0.1) is 0 Å². The molecule has 0 aliphatic carbocycles. The van der Waals surface area contributed by atoms with Gasteiger partial charge in [-0.15, -0.1) is 0 Å². The minimum atomic E-state index is 0.809. The number of hydrogen-bond acceptors (Lipinski definition) is 1. The highest BCUT2D eigenvalue weighted by Gasteiger charge is 2.38. The first-order chi connectivity index (χ1) is 6.29. The van der Waals surface area contributed by atoms with Crippen molar-refractivity contribution < 1.29 is 0 Å². The molecule has 1 aliphatic heterocycles. The van der Waals surface area contributed by atoms with Crippen LogP contribution in [0.25, 0.3) is 0 Å². The van der Waals surface area contributed by atoms with Crippen LogP contribution >= 0.6 is 0 Å². The zero-order valence-corrected chi connectivity index (χ0v) is 8.40. The fourth-order valence-electron chi connectivity index (χ4n) is 1.89. The molecule has 70 valence electrons. The molecule has 1 fully saturated rings. The monoisotopic (exact) mass is 175 g/mol. The maximum Gasteiger partial charge on any atom is 0.0224 e. The second-order valence-electron chi connectivity index (χ2n) is 3.95. The Morgan fingerprint density at radius 1 is 1.08 bits per heavy atom. The van der Waals surface area contributed by atoms with Crippen molar-refractivity contribution in [3.8, 4) is 0 Å². The van der Waals surface area contributed by atoms with Gasteiger partial charge >= 0.3 is 0 Å². The third-order valence-corrected chi connectivity index (χ3v) is 3.16. The summed E-state index contributed by atoms with van der Waals surface area (Å²) in [7, 11) is 0. The van der Waals surface area contributed by atoms with Crippen molar-refractivity contribution in [2.45, 2.75) is 32.4 Å². The fraction of sp³-hybridized carbons (Fsp3) is 0.500. The smallest absolute Gasteiger partial charge is 0.0224 e. The van der Waals surface area contributed by atoms with Gasteiger partial charge < -0.3 is 0 Å². The summed E-state index contributed by atoms with van der Waals surface area (Å²) in [6.45, 7) is 5.82. The van der Waals surface area contributed by atoms with E-state index in [9.17, 15) is 0 Å². The first-order valence-electron chi connectivity index (χ1n) is 5.08. The Hall–Kier alpha value is -0.820. The number of benzene rings is 1. The van der Waals surface area contributed by atoms with E-state index in [2.05, 4.69) is 49.1 Å². The van der Waals surface area contributed by atoms with Gasteiger partial charge in [-0.25, -0.2) is 0 Å². The SMILES string of the molecule is C[C@@H]1[C@H](C)N1CCc1ccccc1. The Morgan fingerprint density at radius 3 is 2.23 bits per heavy atom. The second kappa shape index (κ2) is 3.51. The summed E-state index contributed by atoms with van der Waals surface area (Å²) in [5, 5.41) is 0. The van der Waals surface area contributed by atoms with Crippen LogP contribution in [0.2, 0.25) is 0 Å². The third-order valence-electron chi connectivity index (χ3n) is 3.16. The standard InChI is InChI=1S/C12H17N/c1-10-11(2)13(10)9-8-12-6-4-3-5-7-12/h3-7,10-11H,8-9H2,1-2H3/t10-,11+,13?.